The van der Waals surface area contributed by atoms with Crippen LogP contribution in [0.1, 0.15) is 31.3 Å². The molecule has 0 aliphatic carbocycles. The zero-order chi connectivity index (χ0) is 15.5. The van der Waals surface area contributed by atoms with Gasteiger partial charge in [-0.25, -0.2) is 9.78 Å². The second kappa shape index (κ2) is 5.95. The Hall–Kier alpha value is -1.72. The van der Waals surface area contributed by atoms with Crippen molar-refractivity contribution in [3.8, 4) is 0 Å². The standard InChI is InChI=1S/C16H20N2O2S/c1-15(2,3)20-14(19)16(17,11-13-18-9-10-21-13)12-7-5-4-6-8-12/h4-10H,11,17H2,1-3H3. The van der Waals surface area contributed by atoms with Gasteiger partial charge in [0.15, 0.2) is 0 Å². The zero-order valence-electron chi connectivity index (χ0n) is 12.5. The molecule has 1 heterocycles. The van der Waals surface area contributed by atoms with E-state index >= 15 is 0 Å². The van der Waals surface area contributed by atoms with Crippen LogP contribution in [0.15, 0.2) is 41.9 Å². The Morgan fingerprint density at radius 3 is 2.48 bits per heavy atom. The number of aromatic nitrogens is 1. The maximum absolute atomic E-state index is 12.6. The van der Waals surface area contributed by atoms with E-state index in [0.29, 0.717) is 6.42 Å². The molecule has 2 aromatic rings. The van der Waals surface area contributed by atoms with Gasteiger partial charge in [-0.1, -0.05) is 30.3 Å². The molecule has 112 valence electrons. The monoisotopic (exact) mass is 304 g/mol. The molecule has 1 aromatic carbocycles. The Morgan fingerprint density at radius 2 is 1.95 bits per heavy atom. The highest BCUT2D eigenvalue weighted by atomic mass is 32.1. The number of esters is 1. The predicted octanol–water partition coefficient (Wildman–Crippen LogP) is 2.88. The van der Waals surface area contributed by atoms with Crippen molar-refractivity contribution in [1.29, 1.82) is 0 Å². The van der Waals surface area contributed by atoms with Gasteiger partial charge in [-0.2, -0.15) is 0 Å². The molecule has 0 saturated carbocycles. The van der Waals surface area contributed by atoms with Gasteiger partial charge in [0.2, 0.25) is 0 Å². The van der Waals surface area contributed by atoms with Crippen LogP contribution in [0.4, 0.5) is 0 Å². The molecule has 0 spiro atoms. The minimum atomic E-state index is -1.23. The molecule has 2 N–H and O–H groups in total. The van der Waals surface area contributed by atoms with Gasteiger partial charge in [0.05, 0.1) is 5.01 Å². The second-order valence-corrected chi connectivity index (χ2v) is 6.92. The van der Waals surface area contributed by atoms with Gasteiger partial charge in [0.1, 0.15) is 11.1 Å². The highest BCUT2D eigenvalue weighted by Gasteiger charge is 2.40. The first-order valence-corrected chi connectivity index (χ1v) is 7.65. The lowest BCUT2D eigenvalue weighted by Crippen LogP contribution is -2.50. The molecule has 1 atom stereocenters. The first kappa shape index (κ1) is 15.7. The molecule has 4 nitrogen and oxygen atoms in total. The Morgan fingerprint density at radius 1 is 1.29 bits per heavy atom. The number of ether oxygens (including phenoxy) is 1. The van der Waals surface area contributed by atoms with Crippen molar-refractivity contribution in [2.24, 2.45) is 5.73 Å². The fourth-order valence-electron chi connectivity index (χ4n) is 1.98. The minimum absolute atomic E-state index is 0.323. The lowest BCUT2D eigenvalue weighted by Gasteiger charge is -2.31. The van der Waals surface area contributed by atoms with Gasteiger partial charge in [0.25, 0.3) is 0 Å². The lowest BCUT2D eigenvalue weighted by molar-refractivity contribution is -0.162. The van der Waals surface area contributed by atoms with Crippen LogP contribution in [0.2, 0.25) is 0 Å². The number of thiazole rings is 1. The highest BCUT2D eigenvalue weighted by Crippen LogP contribution is 2.27. The molecule has 2 rings (SSSR count). The van der Waals surface area contributed by atoms with E-state index in [2.05, 4.69) is 4.98 Å². The number of nitrogens with zero attached hydrogens (tertiary/aromatic N) is 1. The number of carbonyl (C=O) groups is 1. The quantitative estimate of drug-likeness (QED) is 0.882. The summed E-state index contributed by atoms with van der Waals surface area (Å²) in [6.45, 7) is 5.50. The van der Waals surface area contributed by atoms with Crippen LogP contribution in [-0.4, -0.2) is 16.6 Å². The zero-order valence-corrected chi connectivity index (χ0v) is 13.3. The van der Waals surface area contributed by atoms with Crippen molar-refractivity contribution < 1.29 is 9.53 Å². The topological polar surface area (TPSA) is 65.2 Å². The van der Waals surface area contributed by atoms with Crippen molar-refractivity contribution in [1.82, 2.24) is 4.98 Å². The number of rotatable bonds is 4. The Labute approximate surface area is 129 Å². The van der Waals surface area contributed by atoms with E-state index in [1.54, 1.807) is 6.20 Å². The summed E-state index contributed by atoms with van der Waals surface area (Å²) in [6, 6.07) is 9.31. The van der Waals surface area contributed by atoms with Crippen LogP contribution in [0.25, 0.3) is 0 Å². The molecule has 0 aliphatic rings. The number of hydrogen-bond acceptors (Lipinski definition) is 5. The third kappa shape index (κ3) is 3.89. The van der Waals surface area contributed by atoms with E-state index in [1.165, 1.54) is 11.3 Å². The van der Waals surface area contributed by atoms with Crippen molar-refractivity contribution >= 4 is 17.3 Å². The van der Waals surface area contributed by atoms with Crippen LogP contribution in [0.5, 0.6) is 0 Å². The molecular formula is C16H20N2O2S. The van der Waals surface area contributed by atoms with Crippen LogP contribution in [0.3, 0.4) is 0 Å². The van der Waals surface area contributed by atoms with Gasteiger partial charge in [-0.3, -0.25) is 0 Å². The molecule has 0 bridgehead atoms. The Balaban J connectivity index is 2.36. The van der Waals surface area contributed by atoms with Crippen LogP contribution in [0, 0.1) is 0 Å². The summed E-state index contributed by atoms with van der Waals surface area (Å²) in [5.74, 6) is -0.434. The van der Waals surface area contributed by atoms with Gasteiger partial charge < -0.3 is 10.5 Å². The molecule has 0 fully saturated rings. The number of hydrogen-bond donors (Lipinski definition) is 1. The summed E-state index contributed by atoms with van der Waals surface area (Å²) in [6.07, 6.45) is 2.03. The molecule has 0 saturated heterocycles. The SMILES string of the molecule is CC(C)(C)OC(=O)C(N)(Cc1nccs1)c1ccccc1. The molecule has 0 radical (unpaired) electrons. The first-order chi connectivity index (χ1) is 9.81. The van der Waals surface area contributed by atoms with Crippen molar-refractivity contribution in [3.05, 3.63) is 52.5 Å². The average molecular weight is 304 g/mol. The predicted molar refractivity (Wildman–Crippen MR) is 84.0 cm³/mol. The van der Waals surface area contributed by atoms with Crippen molar-refractivity contribution in [3.63, 3.8) is 0 Å². The minimum Gasteiger partial charge on any atom is -0.458 e. The fourth-order valence-corrected chi connectivity index (χ4v) is 2.69. The first-order valence-electron chi connectivity index (χ1n) is 6.77. The van der Waals surface area contributed by atoms with Gasteiger partial charge in [-0.15, -0.1) is 11.3 Å². The molecular weight excluding hydrogens is 284 g/mol. The second-order valence-electron chi connectivity index (χ2n) is 5.94. The average Bonchev–Trinajstić information content (AvgIpc) is 2.90. The normalized spacial score (nSPS) is 14.5. The van der Waals surface area contributed by atoms with Gasteiger partial charge in [0, 0.05) is 18.0 Å². The molecule has 1 aromatic heterocycles. The summed E-state index contributed by atoms with van der Waals surface area (Å²) in [7, 11) is 0. The smallest absolute Gasteiger partial charge is 0.331 e. The van der Waals surface area contributed by atoms with Crippen LogP contribution >= 0.6 is 11.3 Å². The maximum atomic E-state index is 12.6. The van der Waals surface area contributed by atoms with E-state index in [-0.39, 0.29) is 0 Å². The molecule has 0 amide bonds. The number of carbonyl (C=O) groups excluding carboxylic acids is 1. The van der Waals surface area contributed by atoms with Crippen LogP contribution < -0.4 is 5.73 Å². The maximum Gasteiger partial charge on any atom is 0.331 e. The highest BCUT2D eigenvalue weighted by molar-refractivity contribution is 7.09. The van der Waals surface area contributed by atoms with E-state index in [4.69, 9.17) is 10.5 Å². The van der Waals surface area contributed by atoms with Crippen molar-refractivity contribution in [2.45, 2.75) is 38.3 Å². The summed E-state index contributed by atoms with van der Waals surface area (Å²) >= 11 is 1.48. The third-order valence-corrected chi connectivity index (χ3v) is 3.75. The Kier molecular flexibility index (Phi) is 4.44. The molecule has 5 heteroatoms. The van der Waals surface area contributed by atoms with Gasteiger partial charge in [-0.05, 0) is 26.3 Å². The molecule has 21 heavy (non-hydrogen) atoms. The summed E-state index contributed by atoms with van der Waals surface area (Å²) in [4.78, 5) is 16.9. The summed E-state index contributed by atoms with van der Waals surface area (Å²) in [5.41, 5.74) is 5.37. The van der Waals surface area contributed by atoms with Gasteiger partial charge >= 0.3 is 5.97 Å². The van der Waals surface area contributed by atoms with E-state index < -0.39 is 17.1 Å². The lowest BCUT2D eigenvalue weighted by atomic mass is 9.87. The van der Waals surface area contributed by atoms with E-state index in [0.717, 1.165) is 10.6 Å². The number of benzene rings is 1. The molecule has 1 unspecified atom stereocenters. The largest absolute Gasteiger partial charge is 0.458 e. The van der Waals surface area contributed by atoms with Crippen LogP contribution in [-0.2, 0) is 21.5 Å². The van der Waals surface area contributed by atoms with E-state index in [1.807, 2.05) is 56.5 Å². The van der Waals surface area contributed by atoms with E-state index in [9.17, 15) is 4.79 Å². The Bertz CT molecular complexity index is 590. The number of nitrogens with two attached hydrogens (primary N) is 1. The summed E-state index contributed by atoms with van der Waals surface area (Å²) < 4.78 is 5.52. The summed E-state index contributed by atoms with van der Waals surface area (Å²) in [5, 5.41) is 2.68. The fraction of sp³-hybridized carbons (Fsp3) is 0.375. The van der Waals surface area contributed by atoms with Crippen molar-refractivity contribution in [2.75, 3.05) is 0 Å². The third-order valence-electron chi connectivity index (χ3n) is 2.97. The molecule has 0 aliphatic heterocycles.